The molecule has 1 unspecified atom stereocenters. The Hall–Kier alpha value is -2.64. The van der Waals surface area contributed by atoms with Crippen molar-refractivity contribution >= 4 is 23.3 Å². The number of carboxylic acids is 1. The lowest BCUT2D eigenvalue weighted by Gasteiger charge is -2.11. The van der Waals surface area contributed by atoms with E-state index in [1.807, 2.05) is 0 Å². The highest BCUT2D eigenvalue weighted by molar-refractivity contribution is 5.90. The smallest absolute Gasteiger partial charge is 0.335 e. The number of nitrogens with two attached hydrogens (primary N) is 1. The van der Waals surface area contributed by atoms with Crippen LogP contribution in [0.25, 0.3) is 0 Å². The summed E-state index contributed by atoms with van der Waals surface area (Å²) in [7, 11) is 0. The van der Waals surface area contributed by atoms with Gasteiger partial charge in [-0.05, 0) is 19.1 Å². The summed E-state index contributed by atoms with van der Waals surface area (Å²) in [6.07, 6.45) is 0. The topological polar surface area (TPSA) is 136 Å². The first-order valence-corrected chi connectivity index (χ1v) is 4.90. The molecular weight excluding hydrogens is 242 g/mol. The SMILES string of the molecule is CC(Nc1ccc(C(=O)O)cc1[N+](=O)[O-])C(N)=O. The molecular formula is C10H11N3O5. The molecule has 1 atom stereocenters. The van der Waals surface area contributed by atoms with E-state index in [0.717, 1.165) is 6.07 Å². The molecule has 4 N–H and O–H groups in total. The van der Waals surface area contributed by atoms with E-state index >= 15 is 0 Å². The number of carbonyl (C=O) groups is 2. The number of nitrogens with one attached hydrogen (secondary N) is 1. The maximum Gasteiger partial charge on any atom is 0.335 e. The maximum absolute atomic E-state index is 10.9. The predicted molar refractivity (Wildman–Crippen MR) is 62.3 cm³/mol. The van der Waals surface area contributed by atoms with Crippen molar-refractivity contribution in [3.8, 4) is 0 Å². The number of nitro groups is 1. The lowest BCUT2D eigenvalue weighted by atomic mass is 10.1. The number of nitrogens with zero attached hydrogens (tertiary/aromatic N) is 1. The van der Waals surface area contributed by atoms with E-state index < -0.39 is 28.5 Å². The van der Waals surface area contributed by atoms with Crippen molar-refractivity contribution in [2.24, 2.45) is 5.73 Å². The predicted octanol–water partition coefficient (Wildman–Crippen LogP) is 0.579. The Morgan fingerprint density at radius 1 is 1.50 bits per heavy atom. The van der Waals surface area contributed by atoms with Gasteiger partial charge >= 0.3 is 5.97 Å². The van der Waals surface area contributed by atoms with Gasteiger partial charge in [0.15, 0.2) is 0 Å². The molecule has 1 rings (SSSR count). The molecule has 0 heterocycles. The molecule has 1 amide bonds. The van der Waals surface area contributed by atoms with Crippen molar-refractivity contribution in [2.45, 2.75) is 13.0 Å². The van der Waals surface area contributed by atoms with E-state index in [9.17, 15) is 19.7 Å². The molecule has 0 spiro atoms. The van der Waals surface area contributed by atoms with Crippen molar-refractivity contribution < 1.29 is 19.6 Å². The molecule has 96 valence electrons. The Balaban J connectivity index is 3.16. The highest BCUT2D eigenvalue weighted by Crippen LogP contribution is 2.26. The fraction of sp³-hybridized carbons (Fsp3) is 0.200. The van der Waals surface area contributed by atoms with Crippen LogP contribution in [0.2, 0.25) is 0 Å². The van der Waals surface area contributed by atoms with Crippen LogP contribution in [0.4, 0.5) is 11.4 Å². The molecule has 8 nitrogen and oxygen atoms in total. The first kappa shape index (κ1) is 13.4. The summed E-state index contributed by atoms with van der Waals surface area (Å²) in [4.78, 5) is 31.6. The van der Waals surface area contributed by atoms with Crippen LogP contribution >= 0.6 is 0 Å². The van der Waals surface area contributed by atoms with Gasteiger partial charge in [0, 0.05) is 6.07 Å². The normalized spacial score (nSPS) is 11.6. The van der Waals surface area contributed by atoms with E-state index in [0.29, 0.717) is 0 Å². The van der Waals surface area contributed by atoms with Gasteiger partial charge in [-0.3, -0.25) is 14.9 Å². The van der Waals surface area contributed by atoms with Crippen LogP contribution in [-0.4, -0.2) is 27.9 Å². The lowest BCUT2D eigenvalue weighted by Crippen LogP contribution is -2.32. The summed E-state index contributed by atoms with van der Waals surface area (Å²) in [5.41, 5.74) is 4.42. The summed E-state index contributed by atoms with van der Waals surface area (Å²) >= 11 is 0. The second-order valence-corrected chi connectivity index (χ2v) is 3.56. The fourth-order valence-corrected chi connectivity index (χ4v) is 1.24. The number of hydrogen-bond acceptors (Lipinski definition) is 5. The number of amides is 1. The zero-order valence-corrected chi connectivity index (χ0v) is 9.41. The number of hydrogen-bond donors (Lipinski definition) is 3. The van der Waals surface area contributed by atoms with Crippen molar-refractivity contribution in [3.05, 3.63) is 33.9 Å². The average molecular weight is 253 g/mol. The second-order valence-electron chi connectivity index (χ2n) is 3.56. The van der Waals surface area contributed by atoms with Crippen LogP contribution in [0, 0.1) is 10.1 Å². The van der Waals surface area contributed by atoms with Gasteiger partial charge < -0.3 is 16.2 Å². The molecule has 0 fully saturated rings. The number of carboxylic acid groups (broad SMARTS) is 1. The Morgan fingerprint density at radius 3 is 2.56 bits per heavy atom. The van der Waals surface area contributed by atoms with Crippen molar-refractivity contribution in [1.29, 1.82) is 0 Å². The molecule has 1 aromatic rings. The zero-order valence-electron chi connectivity index (χ0n) is 9.41. The maximum atomic E-state index is 10.9. The molecule has 0 aliphatic rings. The molecule has 0 aromatic heterocycles. The molecule has 0 aliphatic carbocycles. The Bertz CT molecular complexity index is 514. The van der Waals surface area contributed by atoms with Crippen LogP contribution in [0.15, 0.2) is 18.2 Å². The van der Waals surface area contributed by atoms with Crippen LogP contribution < -0.4 is 11.1 Å². The number of rotatable bonds is 5. The highest BCUT2D eigenvalue weighted by atomic mass is 16.6. The molecule has 1 aromatic carbocycles. The summed E-state index contributed by atoms with van der Waals surface area (Å²) < 4.78 is 0. The van der Waals surface area contributed by atoms with Gasteiger partial charge in [-0.1, -0.05) is 0 Å². The van der Waals surface area contributed by atoms with Crippen molar-refractivity contribution in [1.82, 2.24) is 0 Å². The van der Waals surface area contributed by atoms with Crippen molar-refractivity contribution in [3.63, 3.8) is 0 Å². The van der Waals surface area contributed by atoms with Gasteiger partial charge in [0.2, 0.25) is 5.91 Å². The number of aromatic carboxylic acids is 1. The monoisotopic (exact) mass is 253 g/mol. The minimum absolute atomic E-state index is 0.0382. The van der Waals surface area contributed by atoms with E-state index in [1.165, 1.54) is 19.1 Å². The van der Waals surface area contributed by atoms with Crippen LogP contribution in [0.5, 0.6) is 0 Å². The second kappa shape index (κ2) is 5.13. The average Bonchev–Trinajstić information content (AvgIpc) is 2.28. The van der Waals surface area contributed by atoms with Gasteiger partial charge in [0.05, 0.1) is 10.5 Å². The van der Waals surface area contributed by atoms with Crippen LogP contribution in [0.1, 0.15) is 17.3 Å². The first-order chi connectivity index (χ1) is 8.32. The van der Waals surface area contributed by atoms with E-state index in [4.69, 9.17) is 10.8 Å². The van der Waals surface area contributed by atoms with E-state index in [-0.39, 0.29) is 11.3 Å². The number of carbonyl (C=O) groups excluding carboxylic acids is 1. The minimum Gasteiger partial charge on any atom is -0.478 e. The standard InChI is InChI=1S/C10H11N3O5/c1-5(9(11)14)12-7-3-2-6(10(15)16)4-8(7)13(17)18/h2-5,12H,1H3,(H2,11,14)(H,15,16). The summed E-state index contributed by atoms with van der Waals surface area (Å²) in [5, 5.41) is 22.1. The quantitative estimate of drug-likeness (QED) is 0.518. The van der Waals surface area contributed by atoms with Gasteiger partial charge in [0.1, 0.15) is 11.7 Å². The Labute approximate surface area is 102 Å². The molecule has 0 saturated carbocycles. The van der Waals surface area contributed by atoms with Gasteiger partial charge in [-0.25, -0.2) is 4.79 Å². The van der Waals surface area contributed by atoms with Crippen molar-refractivity contribution in [2.75, 3.05) is 5.32 Å². The number of benzene rings is 1. The lowest BCUT2D eigenvalue weighted by molar-refractivity contribution is -0.384. The van der Waals surface area contributed by atoms with Gasteiger partial charge in [0.25, 0.3) is 5.69 Å². The molecule has 0 saturated heterocycles. The molecule has 8 heteroatoms. The van der Waals surface area contributed by atoms with Crippen LogP contribution in [-0.2, 0) is 4.79 Å². The summed E-state index contributed by atoms with van der Waals surface area (Å²) in [5.74, 6) is -1.95. The first-order valence-electron chi connectivity index (χ1n) is 4.90. The Morgan fingerprint density at radius 2 is 2.11 bits per heavy atom. The third-order valence-electron chi connectivity index (χ3n) is 2.24. The fourth-order valence-electron chi connectivity index (χ4n) is 1.24. The number of nitro benzene ring substituents is 1. The molecule has 0 radical (unpaired) electrons. The van der Waals surface area contributed by atoms with E-state index in [2.05, 4.69) is 5.32 Å². The number of primary amides is 1. The number of anilines is 1. The zero-order chi connectivity index (χ0) is 13.9. The summed E-state index contributed by atoms with van der Waals surface area (Å²) in [6.45, 7) is 1.44. The van der Waals surface area contributed by atoms with Crippen LogP contribution in [0.3, 0.4) is 0 Å². The largest absolute Gasteiger partial charge is 0.478 e. The minimum atomic E-state index is -1.27. The van der Waals surface area contributed by atoms with E-state index in [1.54, 1.807) is 0 Å². The Kier molecular flexibility index (Phi) is 3.82. The highest BCUT2D eigenvalue weighted by Gasteiger charge is 2.19. The summed E-state index contributed by atoms with van der Waals surface area (Å²) in [6, 6.07) is 2.53. The molecule has 0 bridgehead atoms. The third-order valence-corrected chi connectivity index (χ3v) is 2.24. The van der Waals surface area contributed by atoms with Gasteiger partial charge in [-0.2, -0.15) is 0 Å². The molecule has 18 heavy (non-hydrogen) atoms. The third kappa shape index (κ3) is 2.94. The van der Waals surface area contributed by atoms with Gasteiger partial charge in [-0.15, -0.1) is 0 Å². The molecule has 0 aliphatic heterocycles.